The Morgan fingerprint density at radius 2 is 2.00 bits per heavy atom. The number of nitrogens with one attached hydrogen (secondary N) is 1. The van der Waals surface area contributed by atoms with Gasteiger partial charge in [0.05, 0.1) is 5.69 Å². The Balaban J connectivity index is 2.03. The third kappa shape index (κ3) is 4.89. The Labute approximate surface area is 131 Å². The summed E-state index contributed by atoms with van der Waals surface area (Å²) in [7, 11) is 0. The normalized spacial score (nSPS) is 10.7. The molecule has 6 heteroatoms. The van der Waals surface area contributed by atoms with Crippen LogP contribution in [0.1, 0.15) is 18.2 Å². The second kappa shape index (κ2) is 7.76. The second-order valence-electron chi connectivity index (χ2n) is 4.09. The zero-order valence-electron chi connectivity index (χ0n) is 11.1. The van der Waals surface area contributed by atoms with E-state index < -0.39 is 0 Å². The van der Waals surface area contributed by atoms with E-state index in [1.807, 2.05) is 24.3 Å². The van der Waals surface area contributed by atoms with Crippen molar-refractivity contribution >= 4 is 35.1 Å². The Bertz CT molecular complexity index is 613. The summed E-state index contributed by atoms with van der Waals surface area (Å²) in [4.78, 5) is 18.8. The van der Waals surface area contributed by atoms with Crippen LogP contribution in [0.3, 0.4) is 0 Å². The van der Waals surface area contributed by atoms with Crippen LogP contribution in [0.5, 0.6) is 0 Å². The van der Waals surface area contributed by atoms with Gasteiger partial charge in [-0.2, -0.15) is 11.8 Å². The minimum Gasteiger partial charge on any atom is -0.301 e. The van der Waals surface area contributed by atoms with Gasteiger partial charge in [0.2, 0.25) is 0 Å². The molecule has 0 amide bonds. The van der Waals surface area contributed by atoms with E-state index in [-0.39, 0.29) is 5.56 Å². The molecule has 1 aromatic carbocycles. The van der Waals surface area contributed by atoms with Crippen molar-refractivity contribution < 1.29 is 0 Å². The lowest BCUT2D eigenvalue weighted by Crippen LogP contribution is -2.09. The molecule has 0 aliphatic heterocycles. The first-order chi connectivity index (χ1) is 9.67. The van der Waals surface area contributed by atoms with Crippen LogP contribution in [0.4, 0.5) is 0 Å². The van der Waals surface area contributed by atoms with Gasteiger partial charge in [-0.25, -0.2) is 4.98 Å². The fourth-order valence-corrected chi connectivity index (χ4v) is 3.10. The van der Waals surface area contributed by atoms with Crippen LogP contribution >= 0.6 is 35.1 Å². The highest BCUT2D eigenvalue weighted by atomic mass is 35.5. The number of benzene rings is 1. The molecule has 2 rings (SSSR count). The first-order valence-electron chi connectivity index (χ1n) is 6.22. The van der Waals surface area contributed by atoms with Gasteiger partial charge < -0.3 is 4.98 Å². The summed E-state index contributed by atoms with van der Waals surface area (Å²) in [5, 5.41) is 1.39. The predicted octanol–water partition coefficient (Wildman–Crippen LogP) is 3.97. The molecule has 0 spiro atoms. The molecule has 0 aliphatic carbocycles. The van der Waals surface area contributed by atoms with Crippen LogP contribution < -0.4 is 5.56 Å². The van der Waals surface area contributed by atoms with Crippen LogP contribution in [0.15, 0.2) is 40.3 Å². The molecule has 0 saturated heterocycles. The van der Waals surface area contributed by atoms with E-state index in [4.69, 9.17) is 11.6 Å². The second-order valence-corrected chi connectivity index (χ2v) is 6.77. The Morgan fingerprint density at radius 1 is 1.25 bits per heavy atom. The molecule has 0 unspecified atom stereocenters. The van der Waals surface area contributed by atoms with Crippen molar-refractivity contribution in [3.05, 3.63) is 57.0 Å². The summed E-state index contributed by atoms with van der Waals surface area (Å²) in [6.07, 6.45) is 0. The van der Waals surface area contributed by atoms with Crippen molar-refractivity contribution in [3.8, 4) is 0 Å². The van der Waals surface area contributed by atoms with Gasteiger partial charge in [0.1, 0.15) is 0 Å². The van der Waals surface area contributed by atoms with Crippen LogP contribution in [-0.4, -0.2) is 15.7 Å². The summed E-state index contributed by atoms with van der Waals surface area (Å²) >= 11 is 9.13. The van der Waals surface area contributed by atoms with Crippen LogP contribution in [0.25, 0.3) is 0 Å². The highest BCUT2D eigenvalue weighted by molar-refractivity contribution is 7.98. The predicted molar refractivity (Wildman–Crippen MR) is 87.7 cm³/mol. The van der Waals surface area contributed by atoms with Crippen LogP contribution in [0, 0.1) is 0 Å². The molecule has 20 heavy (non-hydrogen) atoms. The summed E-state index contributed by atoms with van der Waals surface area (Å²) in [6.45, 7) is 2.09. The maximum Gasteiger partial charge on any atom is 0.251 e. The Kier molecular flexibility index (Phi) is 6.01. The van der Waals surface area contributed by atoms with E-state index in [1.54, 1.807) is 17.8 Å². The van der Waals surface area contributed by atoms with Gasteiger partial charge >= 0.3 is 0 Å². The fraction of sp³-hybridized carbons (Fsp3) is 0.286. The zero-order valence-corrected chi connectivity index (χ0v) is 13.4. The molecule has 1 N–H and O–H groups in total. The third-order valence-corrected chi connectivity index (χ3v) is 4.62. The first-order valence-corrected chi connectivity index (χ1v) is 8.74. The molecule has 0 radical (unpaired) electrons. The maximum absolute atomic E-state index is 11.6. The average Bonchev–Trinajstić information content (AvgIpc) is 2.44. The summed E-state index contributed by atoms with van der Waals surface area (Å²) in [6, 6.07) is 9.24. The summed E-state index contributed by atoms with van der Waals surface area (Å²) in [5.74, 6) is 2.54. The summed E-state index contributed by atoms with van der Waals surface area (Å²) in [5.41, 5.74) is 1.89. The van der Waals surface area contributed by atoms with Gasteiger partial charge in [-0.3, -0.25) is 4.79 Å². The average molecular weight is 327 g/mol. The van der Waals surface area contributed by atoms with E-state index >= 15 is 0 Å². The molecular formula is C14H15ClN2OS2. The molecule has 0 atom stereocenters. The van der Waals surface area contributed by atoms with Crippen molar-refractivity contribution in [3.63, 3.8) is 0 Å². The zero-order chi connectivity index (χ0) is 14.4. The Hall–Kier alpha value is -0.910. The minimum absolute atomic E-state index is 0.0923. The first kappa shape index (κ1) is 15.5. The molecule has 0 saturated carbocycles. The fourth-order valence-electron chi connectivity index (χ4n) is 1.56. The smallest absolute Gasteiger partial charge is 0.251 e. The molecule has 106 valence electrons. The SMILES string of the molecule is CCSCc1cc(=O)[nH]c(SCc2ccc(Cl)cc2)n1. The van der Waals surface area contributed by atoms with Crippen molar-refractivity contribution in [2.24, 2.45) is 0 Å². The number of nitrogens with zero attached hydrogens (tertiary/aromatic N) is 1. The van der Waals surface area contributed by atoms with Gasteiger partial charge in [-0.15, -0.1) is 0 Å². The topological polar surface area (TPSA) is 45.8 Å². The molecule has 1 aromatic heterocycles. The summed E-state index contributed by atoms with van der Waals surface area (Å²) < 4.78 is 0. The van der Waals surface area contributed by atoms with E-state index in [0.29, 0.717) is 5.16 Å². The number of H-pyrrole nitrogens is 1. The Morgan fingerprint density at radius 3 is 2.70 bits per heavy atom. The molecule has 3 nitrogen and oxygen atoms in total. The van der Waals surface area contributed by atoms with Crippen molar-refractivity contribution in [2.75, 3.05) is 5.75 Å². The van der Waals surface area contributed by atoms with Gasteiger partial charge in [0.15, 0.2) is 5.16 Å². The lowest BCUT2D eigenvalue weighted by Gasteiger charge is -2.04. The number of rotatable bonds is 6. The number of hydrogen-bond donors (Lipinski definition) is 1. The lowest BCUT2D eigenvalue weighted by molar-refractivity contribution is 0.899. The molecule has 2 aromatic rings. The van der Waals surface area contributed by atoms with Crippen LogP contribution in [-0.2, 0) is 11.5 Å². The van der Waals surface area contributed by atoms with Crippen LogP contribution in [0.2, 0.25) is 5.02 Å². The van der Waals surface area contributed by atoms with E-state index in [1.165, 1.54) is 11.8 Å². The van der Waals surface area contributed by atoms with Gasteiger partial charge in [0.25, 0.3) is 5.56 Å². The van der Waals surface area contributed by atoms with Gasteiger partial charge in [-0.05, 0) is 23.4 Å². The molecule has 0 aliphatic rings. The van der Waals surface area contributed by atoms with E-state index in [0.717, 1.165) is 33.5 Å². The molecule has 0 bridgehead atoms. The minimum atomic E-state index is -0.0923. The quantitative estimate of drug-likeness (QED) is 0.644. The third-order valence-electron chi connectivity index (χ3n) is 2.52. The number of aromatic nitrogens is 2. The van der Waals surface area contributed by atoms with E-state index in [9.17, 15) is 4.79 Å². The standard InChI is InChI=1S/C14H15ClN2OS2/c1-2-19-9-12-7-13(18)17-14(16-12)20-8-10-3-5-11(15)6-4-10/h3-7H,2,8-9H2,1H3,(H,16,17,18). The monoisotopic (exact) mass is 326 g/mol. The largest absolute Gasteiger partial charge is 0.301 e. The number of hydrogen-bond acceptors (Lipinski definition) is 4. The molecule has 1 heterocycles. The highest BCUT2D eigenvalue weighted by Crippen LogP contribution is 2.20. The molecule has 0 fully saturated rings. The van der Waals surface area contributed by atoms with Crippen molar-refractivity contribution in [2.45, 2.75) is 23.6 Å². The van der Waals surface area contributed by atoms with Crippen molar-refractivity contribution in [1.29, 1.82) is 0 Å². The molecular weight excluding hydrogens is 312 g/mol. The van der Waals surface area contributed by atoms with E-state index in [2.05, 4.69) is 16.9 Å². The maximum atomic E-state index is 11.6. The van der Waals surface area contributed by atoms with Gasteiger partial charge in [0, 0.05) is 22.6 Å². The van der Waals surface area contributed by atoms with Gasteiger partial charge in [-0.1, -0.05) is 42.4 Å². The number of aromatic amines is 1. The number of halogens is 1. The number of thioether (sulfide) groups is 2. The highest BCUT2D eigenvalue weighted by Gasteiger charge is 2.03. The lowest BCUT2D eigenvalue weighted by atomic mass is 10.2. The van der Waals surface area contributed by atoms with Crippen molar-refractivity contribution in [1.82, 2.24) is 9.97 Å².